The molecule has 0 bridgehead atoms. The Morgan fingerprint density at radius 2 is 1.78 bits per heavy atom. The van der Waals surface area contributed by atoms with E-state index in [2.05, 4.69) is 4.98 Å². The summed E-state index contributed by atoms with van der Waals surface area (Å²) in [5.74, 6) is -0.942. The van der Waals surface area contributed by atoms with E-state index in [1.807, 2.05) is 6.07 Å². The average Bonchev–Trinajstić information content (AvgIpc) is 3.21. The number of anilines is 1. The normalized spacial score (nSPS) is 10.9. The van der Waals surface area contributed by atoms with Crippen LogP contribution in [0, 0.1) is 11.3 Å². The zero-order valence-electron chi connectivity index (χ0n) is 19.3. The molecule has 3 N–H and O–H groups in total. The van der Waals surface area contributed by atoms with Crippen molar-refractivity contribution < 1.29 is 19.6 Å². The Hall–Kier alpha value is -5.23. The summed E-state index contributed by atoms with van der Waals surface area (Å²) in [6.45, 7) is 1.14. The van der Waals surface area contributed by atoms with Crippen LogP contribution in [0.4, 0.5) is 5.69 Å². The molecule has 0 saturated heterocycles. The third kappa shape index (κ3) is 4.98. The van der Waals surface area contributed by atoms with E-state index < -0.39 is 11.8 Å². The van der Waals surface area contributed by atoms with E-state index in [0.717, 1.165) is 4.73 Å². The van der Waals surface area contributed by atoms with Gasteiger partial charge < -0.3 is 10.9 Å². The lowest BCUT2D eigenvalue weighted by molar-refractivity contribution is -0.120. The summed E-state index contributed by atoms with van der Waals surface area (Å²) in [6, 6.07) is 20.1. The smallest absolute Gasteiger partial charge is 0.251 e. The molecule has 0 saturated carbocycles. The predicted molar refractivity (Wildman–Crippen MR) is 134 cm³/mol. The maximum Gasteiger partial charge on any atom is 0.251 e. The number of Topliss-reactive ketones (excluding diaryl/α,β-unsaturated/α-hetero) is 1. The van der Waals surface area contributed by atoms with E-state index in [1.54, 1.807) is 66.7 Å². The molecule has 0 atom stereocenters. The maximum atomic E-state index is 12.9. The number of aromatic nitrogens is 2. The highest BCUT2D eigenvalue weighted by atomic mass is 16.5. The lowest BCUT2D eigenvalue weighted by Crippen LogP contribution is -2.37. The molecule has 1 aromatic heterocycles. The lowest BCUT2D eigenvalue weighted by Gasteiger charge is -2.20. The summed E-state index contributed by atoms with van der Waals surface area (Å²) in [4.78, 5) is 41.6. The van der Waals surface area contributed by atoms with Crippen LogP contribution in [0.3, 0.4) is 0 Å². The van der Waals surface area contributed by atoms with Gasteiger partial charge in [-0.1, -0.05) is 24.3 Å². The van der Waals surface area contributed by atoms with Gasteiger partial charge in [0.1, 0.15) is 12.1 Å². The van der Waals surface area contributed by atoms with Gasteiger partial charge in [0.2, 0.25) is 5.91 Å². The van der Waals surface area contributed by atoms with Crippen LogP contribution in [0.1, 0.15) is 28.4 Å². The Bertz CT molecular complexity index is 1540. The van der Waals surface area contributed by atoms with E-state index >= 15 is 0 Å². The Morgan fingerprint density at radius 3 is 2.39 bits per heavy atom. The minimum atomic E-state index is -0.683. The first-order chi connectivity index (χ1) is 17.3. The van der Waals surface area contributed by atoms with Crippen molar-refractivity contribution in [2.24, 2.45) is 5.73 Å². The van der Waals surface area contributed by atoms with Gasteiger partial charge in [-0.3, -0.25) is 19.3 Å². The standard InChI is InChI=1S/C27H21N5O4/c1-17(33)20-6-2-18(3-7-20)5-13-26(35)31(16-25(29)34)22-10-8-21(9-11-22)27-30-23-12-4-19(15-28)14-24(23)32(27)36/h2-14,36H,16H2,1H3,(H2,29,34)/b13-5+. The van der Waals surface area contributed by atoms with Crippen molar-refractivity contribution in [3.05, 3.63) is 89.5 Å². The molecule has 0 spiro atoms. The summed E-state index contributed by atoms with van der Waals surface area (Å²) in [6.07, 6.45) is 2.90. The molecular formula is C27H21N5O4. The van der Waals surface area contributed by atoms with Crippen molar-refractivity contribution >= 4 is 40.4 Å². The number of nitrogens with zero attached hydrogens (tertiary/aromatic N) is 4. The number of benzene rings is 3. The fourth-order valence-corrected chi connectivity index (χ4v) is 3.65. The second-order valence-electron chi connectivity index (χ2n) is 8.01. The number of hydrogen-bond acceptors (Lipinski definition) is 6. The number of nitrogens with two attached hydrogens (primary N) is 1. The van der Waals surface area contributed by atoms with Crippen LogP contribution in [0.5, 0.6) is 0 Å². The van der Waals surface area contributed by atoms with Gasteiger partial charge in [0.05, 0.1) is 17.1 Å². The molecule has 36 heavy (non-hydrogen) atoms. The molecule has 0 aliphatic heterocycles. The lowest BCUT2D eigenvalue weighted by atomic mass is 10.1. The van der Waals surface area contributed by atoms with Gasteiger partial charge in [0.25, 0.3) is 5.91 Å². The number of rotatable bonds is 7. The summed E-state index contributed by atoms with van der Waals surface area (Å²) in [7, 11) is 0. The number of carbonyl (C=O) groups excluding carboxylic acids is 3. The van der Waals surface area contributed by atoms with Gasteiger partial charge in [-0.15, -0.1) is 0 Å². The minimum Gasteiger partial charge on any atom is -0.426 e. The molecule has 0 fully saturated rings. The number of amides is 2. The highest BCUT2D eigenvalue weighted by molar-refractivity contribution is 6.06. The van der Waals surface area contributed by atoms with E-state index in [-0.39, 0.29) is 18.2 Å². The van der Waals surface area contributed by atoms with Crippen molar-refractivity contribution in [2.45, 2.75) is 6.92 Å². The Labute approximate surface area is 206 Å². The van der Waals surface area contributed by atoms with Crippen LogP contribution in [0.25, 0.3) is 28.5 Å². The molecule has 3 aromatic carbocycles. The van der Waals surface area contributed by atoms with Crippen LogP contribution in [0.15, 0.2) is 72.8 Å². The number of fused-ring (bicyclic) bond motifs is 1. The van der Waals surface area contributed by atoms with Gasteiger partial charge in [-0.25, -0.2) is 4.98 Å². The molecule has 178 valence electrons. The van der Waals surface area contributed by atoms with Crippen LogP contribution in [-0.4, -0.2) is 39.1 Å². The fraction of sp³-hybridized carbons (Fsp3) is 0.0741. The van der Waals surface area contributed by atoms with Gasteiger partial charge in [0, 0.05) is 22.9 Å². The van der Waals surface area contributed by atoms with Crippen LogP contribution < -0.4 is 10.6 Å². The van der Waals surface area contributed by atoms with E-state index in [9.17, 15) is 19.6 Å². The van der Waals surface area contributed by atoms with Crippen molar-refractivity contribution in [3.63, 3.8) is 0 Å². The average molecular weight is 479 g/mol. The van der Waals surface area contributed by atoms with E-state index in [4.69, 9.17) is 11.0 Å². The third-order valence-corrected chi connectivity index (χ3v) is 5.51. The summed E-state index contributed by atoms with van der Waals surface area (Å²) < 4.78 is 0.900. The first-order valence-electron chi connectivity index (χ1n) is 10.9. The fourth-order valence-electron chi connectivity index (χ4n) is 3.65. The molecule has 2 amide bonds. The van der Waals surface area contributed by atoms with Crippen LogP contribution in [-0.2, 0) is 9.59 Å². The first-order valence-corrected chi connectivity index (χ1v) is 10.9. The number of nitriles is 1. The van der Waals surface area contributed by atoms with Crippen molar-refractivity contribution in [1.29, 1.82) is 5.26 Å². The van der Waals surface area contributed by atoms with Gasteiger partial charge in [0.15, 0.2) is 11.6 Å². The summed E-state index contributed by atoms with van der Waals surface area (Å²) in [5, 5.41) is 19.7. The molecule has 1 heterocycles. The third-order valence-electron chi connectivity index (χ3n) is 5.51. The number of carbonyl (C=O) groups is 3. The SMILES string of the molecule is CC(=O)c1ccc(/C=C/C(=O)N(CC(N)=O)c2ccc(-c3nc4ccc(C#N)cc4n3O)cc2)cc1. The van der Waals surface area contributed by atoms with Gasteiger partial charge in [-0.05, 0) is 61.0 Å². The monoisotopic (exact) mass is 479 g/mol. The second kappa shape index (κ2) is 9.95. The Kier molecular flexibility index (Phi) is 6.61. The maximum absolute atomic E-state index is 12.9. The molecule has 0 radical (unpaired) electrons. The van der Waals surface area contributed by atoms with Crippen molar-refractivity contribution in [1.82, 2.24) is 9.71 Å². The van der Waals surface area contributed by atoms with Crippen molar-refractivity contribution in [3.8, 4) is 17.5 Å². The molecule has 0 unspecified atom stereocenters. The Balaban J connectivity index is 1.59. The quantitative estimate of drug-likeness (QED) is 0.236. The van der Waals surface area contributed by atoms with Crippen LogP contribution >= 0.6 is 0 Å². The molecule has 9 nitrogen and oxygen atoms in total. The minimum absolute atomic E-state index is 0.0543. The Morgan fingerprint density at radius 1 is 1.08 bits per heavy atom. The summed E-state index contributed by atoms with van der Waals surface area (Å²) in [5.41, 5.74) is 8.93. The highest BCUT2D eigenvalue weighted by Gasteiger charge is 2.18. The number of hydrogen-bond donors (Lipinski definition) is 2. The topological polar surface area (TPSA) is 142 Å². The molecule has 0 aliphatic carbocycles. The molecule has 9 heteroatoms. The van der Waals surface area contributed by atoms with E-state index in [0.29, 0.717) is 39.0 Å². The second-order valence-corrected chi connectivity index (χ2v) is 8.01. The largest absolute Gasteiger partial charge is 0.426 e. The van der Waals surface area contributed by atoms with Gasteiger partial charge in [-0.2, -0.15) is 9.99 Å². The van der Waals surface area contributed by atoms with E-state index in [1.165, 1.54) is 24.0 Å². The van der Waals surface area contributed by atoms with Gasteiger partial charge >= 0.3 is 0 Å². The molecule has 4 rings (SSSR count). The molecular weight excluding hydrogens is 458 g/mol. The predicted octanol–water partition coefficient (Wildman–Crippen LogP) is 3.55. The summed E-state index contributed by atoms with van der Waals surface area (Å²) >= 11 is 0. The number of ketones is 1. The van der Waals surface area contributed by atoms with Crippen molar-refractivity contribution in [2.75, 3.05) is 11.4 Å². The zero-order valence-corrected chi connectivity index (χ0v) is 19.3. The molecule has 0 aliphatic rings. The van der Waals surface area contributed by atoms with Crippen LogP contribution in [0.2, 0.25) is 0 Å². The first kappa shape index (κ1) is 23.9. The number of primary amides is 1. The zero-order chi connectivity index (χ0) is 25.8. The molecule has 4 aromatic rings. The highest BCUT2D eigenvalue weighted by Crippen LogP contribution is 2.26. The number of imidazole rings is 1.